The predicted molar refractivity (Wildman–Crippen MR) is 50.1 cm³/mol. The van der Waals surface area contributed by atoms with E-state index in [2.05, 4.69) is 0 Å². The van der Waals surface area contributed by atoms with Crippen LogP contribution in [0.4, 0.5) is 0 Å². The number of ether oxygens (including phenoxy) is 1. The molecule has 0 spiro atoms. The van der Waals surface area contributed by atoms with Crippen LogP contribution in [0.5, 0.6) is 5.75 Å². The molecule has 4 heteroatoms. The molecule has 0 aromatic heterocycles. The Bertz CT molecular complexity index is 322. The summed E-state index contributed by atoms with van der Waals surface area (Å²) in [7, 11) is 0. The number of rotatable bonds is 4. The van der Waals surface area contributed by atoms with Crippen LogP contribution in [-0.2, 0) is 11.4 Å². The Labute approximate surface area is 81.8 Å². The number of carboxylic acids is 1. The SMILES string of the molecule is CC(Oc1cccc(CO)c1)C(=O)O. The second-order valence-corrected chi connectivity index (χ2v) is 2.90. The minimum atomic E-state index is -1.01. The van der Waals surface area contributed by atoms with Gasteiger partial charge in [-0.05, 0) is 24.6 Å². The highest BCUT2D eigenvalue weighted by molar-refractivity contribution is 5.72. The Morgan fingerprint density at radius 3 is 2.86 bits per heavy atom. The first kappa shape index (κ1) is 10.5. The van der Waals surface area contributed by atoms with Crippen molar-refractivity contribution >= 4 is 5.97 Å². The van der Waals surface area contributed by atoms with Crippen LogP contribution < -0.4 is 4.74 Å². The van der Waals surface area contributed by atoms with Crippen LogP contribution in [0.25, 0.3) is 0 Å². The molecule has 0 aliphatic carbocycles. The maximum absolute atomic E-state index is 10.5. The molecule has 0 heterocycles. The van der Waals surface area contributed by atoms with E-state index in [4.69, 9.17) is 14.9 Å². The van der Waals surface area contributed by atoms with Crippen molar-refractivity contribution < 1.29 is 19.7 Å². The molecule has 1 aromatic rings. The van der Waals surface area contributed by atoms with Gasteiger partial charge in [-0.2, -0.15) is 0 Å². The maximum Gasteiger partial charge on any atom is 0.344 e. The summed E-state index contributed by atoms with van der Waals surface area (Å²) in [4.78, 5) is 10.5. The molecule has 0 amide bonds. The van der Waals surface area contributed by atoms with Gasteiger partial charge in [-0.1, -0.05) is 12.1 Å². The summed E-state index contributed by atoms with van der Waals surface area (Å²) in [6, 6.07) is 6.70. The lowest BCUT2D eigenvalue weighted by molar-refractivity contribution is -0.144. The molecule has 0 radical (unpaired) electrons. The molecular formula is C10H12O4. The van der Waals surface area contributed by atoms with Crippen LogP contribution in [0.15, 0.2) is 24.3 Å². The van der Waals surface area contributed by atoms with Crippen molar-refractivity contribution in [2.24, 2.45) is 0 Å². The number of hydrogen-bond acceptors (Lipinski definition) is 3. The Balaban J connectivity index is 2.71. The van der Waals surface area contributed by atoms with Crippen LogP contribution in [-0.4, -0.2) is 22.3 Å². The zero-order valence-electron chi connectivity index (χ0n) is 7.80. The third kappa shape index (κ3) is 2.74. The van der Waals surface area contributed by atoms with Crippen molar-refractivity contribution in [2.45, 2.75) is 19.6 Å². The molecule has 0 saturated carbocycles. The first-order chi connectivity index (χ1) is 6.63. The molecule has 76 valence electrons. The summed E-state index contributed by atoms with van der Waals surface area (Å²) in [6.07, 6.45) is -0.885. The highest BCUT2D eigenvalue weighted by Crippen LogP contribution is 2.14. The highest BCUT2D eigenvalue weighted by atomic mass is 16.5. The minimum Gasteiger partial charge on any atom is -0.479 e. The molecule has 1 aromatic carbocycles. The van der Waals surface area contributed by atoms with Crippen molar-refractivity contribution in [1.82, 2.24) is 0 Å². The first-order valence-corrected chi connectivity index (χ1v) is 4.22. The zero-order valence-corrected chi connectivity index (χ0v) is 7.80. The third-order valence-electron chi connectivity index (χ3n) is 1.74. The number of hydrogen-bond donors (Lipinski definition) is 2. The predicted octanol–water partition coefficient (Wildman–Crippen LogP) is 1.03. The number of aliphatic hydroxyl groups excluding tert-OH is 1. The average Bonchev–Trinajstić information content (AvgIpc) is 2.18. The Hall–Kier alpha value is -1.55. The molecular weight excluding hydrogens is 184 g/mol. The van der Waals surface area contributed by atoms with E-state index in [1.54, 1.807) is 24.3 Å². The molecule has 0 aliphatic heterocycles. The molecule has 0 bridgehead atoms. The number of aliphatic hydroxyl groups is 1. The van der Waals surface area contributed by atoms with Gasteiger partial charge in [-0.3, -0.25) is 0 Å². The van der Waals surface area contributed by atoms with Gasteiger partial charge in [-0.15, -0.1) is 0 Å². The lowest BCUT2D eigenvalue weighted by atomic mass is 10.2. The minimum absolute atomic E-state index is 0.0847. The normalized spacial score (nSPS) is 12.1. The number of carboxylic acid groups (broad SMARTS) is 1. The second kappa shape index (κ2) is 4.62. The number of benzene rings is 1. The van der Waals surface area contributed by atoms with Crippen molar-refractivity contribution in [3.05, 3.63) is 29.8 Å². The van der Waals surface area contributed by atoms with Crippen LogP contribution in [0, 0.1) is 0 Å². The molecule has 0 saturated heterocycles. The number of aliphatic carboxylic acids is 1. The topological polar surface area (TPSA) is 66.8 Å². The molecule has 2 N–H and O–H groups in total. The van der Waals surface area contributed by atoms with Crippen molar-refractivity contribution in [3.63, 3.8) is 0 Å². The standard InChI is InChI=1S/C10H12O4/c1-7(10(12)13)14-9-4-2-3-8(5-9)6-11/h2-5,7,11H,6H2,1H3,(H,12,13). The highest BCUT2D eigenvalue weighted by Gasteiger charge is 2.11. The van der Waals surface area contributed by atoms with Crippen LogP contribution in [0.3, 0.4) is 0 Å². The van der Waals surface area contributed by atoms with E-state index < -0.39 is 12.1 Å². The Morgan fingerprint density at radius 2 is 2.29 bits per heavy atom. The van der Waals surface area contributed by atoms with Crippen LogP contribution >= 0.6 is 0 Å². The zero-order chi connectivity index (χ0) is 10.6. The van der Waals surface area contributed by atoms with Crippen LogP contribution in [0.2, 0.25) is 0 Å². The molecule has 0 aliphatic rings. The van der Waals surface area contributed by atoms with Crippen molar-refractivity contribution in [3.8, 4) is 5.75 Å². The fourth-order valence-corrected chi connectivity index (χ4v) is 0.972. The summed E-state index contributed by atoms with van der Waals surface area (Å²) >= 11 is 0. The van der Waals surface area contributed by atoms with E-state index >= 15 is 0 Å². The average molecular weight is 196 g/mol. The first-order valence-electron chi connectivity index (χ1n) is 4.22. The summed E-state index contributed by atoms with van der Waals surface area (Å²) in [5.74, 6) is -0.564. The molecule has 0 fully saturated rings. The summed E-state index contributed by atoms with van der Waals surface area (Å²) < 4.78 is 5.11. The van der Waals surface area contributed by atoms with Gasteiger partial charge in [0, 0.05) is 0 Å². The van der Waals surface area contributed by atoms with Crippen molar-refractivity contribution in [2.75, 3.05) is 0 Å². The molecule has 1 atom stereocenters. The van der Waals surface area contributed by atoms with E-state index in [0.717, 1.165) is 0 Å². The molecule has 1 rings (SSSR count). The Kier molecular flexibility index (Phi) is 3.48. The lowest BCUT2D eigenvalue weighted by Gasteiger charge is -2.10. The molecule has 14 heavy (non-hydrogen) atoms. The third-order valence-corrected chi connectivity index (χ3v) is 1.74. The van der Waals surface area contributed by atoms with Gasteiger partial charge in [0.05, 0.1) is 6.61 Å². The second-order valence-electron chi connectivity index (χ2n) is 2.90. The van der Waals surface area contributed by atoms with Gasteiger partial charge in [0.15, 0.2) is 6.10 Å². The fourth-order valence-electron chi connectivity index (χ4n) is 0.972. The quantitative estimate of drug-likeness (QED) is 0.754. The smallest absolute Gasteiger partial charge is 0.344 e. The lowest BCUT2D eigenvalue weighted by Crippen LogP contribution is -2.22. The summed E-state index contributed by atoms with van der Waals surface area (Å²) in [5.41, 5.74) is 0.695. The van der Waals surface area contributed by atoms with Gasteiger partial charge in [0.25, 0.3) is 0 Å². The van der Waals surface area contributed by atoms with E-state index in [1.165, 1.54) is 6.92 Å². The van der Waals surface area contributed by atoms with Gasteiger partial charge >= 0.3 is 5.97 Å². The fraction of sp³-hybridized carbons (Fsp3) is 0.300. The van der Waals surface area contributed by atoms with Gasteiger partial charge in [0.2, 0.25) is 0 Å². The van der Waals surface area contributed by atoms with E-state index in [-0.39, 0.29) is 6.61 Å². The number of carbonyl (C=O) groups is 1. The van der Waals surface area contributed by atoms with Crippen molar-refractivity contribution in [1.29, 1.82) is 0 Å². The summed E-state index contributed by atoms with van der Waals surface area (Å²) in [6.45, 7) is 1.37. The monoisotopic (exact) mass is 196 g/mol. The van der Waals surface area contributed by atoms with E-state index in [0.29, 0.717) is 11.3 Å². The van der Waals surface area contributed by atoms with E-state index in [9.17, 15) is 4.79 Å². The van der Waals surface area contributed by atoms with Gasteiger partial charge in [0.1, 0.15) is 5.75 Å². The molecule has 1 unspecified atom stereocenters. The maximum atomic E-state index is 10.5. The van der Waals surface area contributed by atoms with Gasteiger partial charge in [-0.25, -0.2) is 4.79 Å². The molecule has 4 nitrogen and oxygen atoms in total. The van der Waals surface area contributed by atoms with Gasteiger partial charge < -0.3 is 14.9 Å². The van der Waals surface area contributed by atoms with Crippen LogP contribution in [0.1, 0.15) is 12.5 Å². The Morgan fingerprint density at radius 1 is 1.57 bits per heavy atom. The van der Waals surface area contributed by atoms with E-state index in [1.807, 2.05) is 0 Å². The summed E-state index contributed by atoms with van der Waals surface area (Å²) in [5, 5.41) is 17.4. The largest absolute Gasteiger partial charge is 0.479 e.